The Balaban J connectivity index is 3.41. The van der Waals surface area contributed by atoms with Crippen molar-refractivity contribution in [2.75, 3.05) is 26.7 Å². The van der Waals surface area contributed by atoms with Crippen molar-refractivity contribution in [1.29, 1.82) is 0 Å². The third-order valence-electron chi connectivity index (χ3n) is 1.89. The molecular formula is C10H20N2. The van der Waals surface area contributed by atoms with E-state index in [4.69, 9.17) is 12.2 Å². The minimum atomic E-state index is 0.701. The monoisotopic (exact) mass is 168 g/mol. The molecule has 0 spiro atoms. The summed E-state index contributed by atoms with van der Waals surface area (Å²) in [6, 6.07) is 0. The number of rotatable bonds is 6. The first-order valence-electron chi connectivity index (χ1n) is 4.52. The SMILES string of the molecule is C#CCN(C)CC(C)CCCN. The zero-order valence-corrected chi connectivity index (χ0v) is 8.21. The Hall–Kier alpha value is -0.520. The Morgan fingerprint density at radius 1 is 1.58 bits per heavy atom. The highest BCUT2D eigenvalue weighted by molar-refractivity contribution is 4.87. The summed E-state index contributed by atoms with van der Waals surface area (Å²) in [6.07, 6.45) is 7.51. The molecule has 1 unspecified atom stereocenters. The Morgan fingerprint density at radius 3 is 2.75 bits per heavy atom. The van der Waals surface area contributed by atoms with Crippen LogP contribution >= 0.6 is 0 Å². The summed E-state index contributed by atoms with van der Waals surface area (Å²) in [6.45, 7) is 4.85. The zero-order chi connectivity index (χ0) is 9.40. The number of terminal acetylenes is 1. The van der Waals surface area contributed by atoms with E-state index in [1.54, 1.807) is 0 Å². The van der Waals surface area contributed by atoms with Crippen LogP contribution in [-0.2, 0) is 0 Å². The minimum absolute atomic E-state index is 0.701. The van der Waals surface area contributed by atoms with Gasteiger partial charge < -0.3 is 5.73 Å². The fraction of sp³-hybridized carbons (Fsp3) is 0.800. The van der Waals surface area contributed by atoms with E-state index < -0.39 is 0 Å². The first-order valence-corrected chi connectivity index (χ1v) is 4.52. The summed E-state index contributed by atoms with van der Waals surface area (Å²) >= 11 is 0. The van der Waals surface area contributed by atoms with Crippen molar-refractivity contribution < 1.29 is 0 Å². The predicted octanol–water partition coefficient (Wildman–Crippen LogP) is 0.926. The molecule has 2 nitrogen and oxygen atoms in total. The summed E-state index contributed by atoms with van der Waals surface area (Å²) in [4.78, 5) is 2.17. The maximum Gasteiger partial charge on any atom is 0.0596 e. The molecule has 0 radical (unpaired) electrons. The smallest absolute Gasteiger partial charge is 0.0596 e. The second-order valence-electron chi connectivity index (χ2n) is 3.44. The van der Waals surface area contributed by atoms with Crippen LogP contribution in [0, 0.1) is 18.3 Å². The van der Waals surface area contributed by atoms with Crippen molar-refractivity contribution in [2.24, 2.45) is 11.7 Å². The van der Waals surface area contributed by atoms with E-state index in [0.717, 1.165) is 26.1 Å². The van der Waals surface area contributed by atoms with Gasteiger partial charge in [0.25, 0.3) is 0 Å². The van der Waals surface area contributed by atoms with Crippen LogP contribution in [0.4, 0.5) is 0 Å². The van der Waals surface area contributed by atoms with Gasteiger partial charge in [-0.25, -0.2) is 0 Å². The average Bonchev–Trinajstić information content (AvgIpc) is 2.01. The van der Waals surface area contributed by atoms with Crippen LogP contribution in [-0.4, -0.2) is 31.6 Å². The number of hydrogen-bond donors (Lipinski definition) is 1. The molecule has 0 aliphatic heterocycles. The van der Waals surface area contributed by atoms with Crippen LogP contribution in [0.2, 0.25) is 0 Å². The van der Waals surface area contributed by atoms with Gasteiger partial charge in [0.1, 0.15) is 0 Å². The highest BCUT2D eigenvalue weighted by atomic mass is 15.1. The van der Waals surface area contributed by atoms with Gasteiger partial charge >= 0.3 is 0 Å². The van der Waals surface area contributed by atoms with Gasteiger partial charge in [0.05, 0.1) is 6.54 Å². The summed E-state index contributed by atoms with van der Waals surface area (Å²) in [7, 11) is 2.05. The van der Waals surface area contributed by atoms with Gasteiger partial charge in [-0.3, -0.25) is 4.90 Å². The van der Waals surface area contributed by atoms with Gasteiger partial charge in [-0.2, -0.15) is 0 Å². The predicted molar refractivity (Wildman–Crippen MR) is 53.8 cm³/mol. The molecule has 0 aromatic rings. The Morgan fingerprint density at radius 2 is 2.25 bits per heavy atom. The molecule has 2 N–H and O–H groups in total. The fourth-order valence-corrected chi connectivity index (χ4v) is 1.31. The Bertz CT molecular complexity index is 137. The topological polar surface area (TPSA) is 29.3 Å². The van der Waals surface area contributed by atoms with E-state index in [9.17, 15) is 0 Å². The van der Waals surface area contributed by atoms with Crippen molar-refractivity contribution in [3.8, 4) is 12.3 Å². The molecule has 0 aliphatic rings. The Kier molecular flexibility index (Phi) is 6.84. The quantitative estimate of drug-likeness (QED) is 0.598. The molecule has 0 bridgehead atoms. The third kappa shape index (κ3) is 6.21. The first-order chi connectivity index (χ1) is 5.70. The second-order valence-corrected chi connectivity index (χ2v) is 3.44. The average molecular weight is 168 g/mol. The molecule has 2 heteroatoms. The van der Waals surface area contributed by atoms with Crippen molar-refractivity contribution >= 4 is 0 Å². The summed E-state index contributed by atoms with van der Waals surface area (Å²) in [5.74, 6) is 3.33. The van der Waals surface area contributed by atoms with Gasteiger partial charge in [-0.15, -0.1) is 6.42 Å². The molecule has 0 saturated heterocycles. The van der Waals surface area contributed by atoms with Gasteiger partial charge in [0.15, 0.2) is 0 Å². The maximum atomic E-state index is 5.42. The van der Waals surface area contributed by atoms with Crippen molar-refractivity contribution in [3.05, 3.63) is 0 Å². The van der Waals surface area contributed by atoms with Gasteiger partial charge in [0.2, 0.25) is 0 Å². The fourth-order valence-electron chi connectivity index (χ4n) is 1.31. The summed E-state index contributed by atoms with van der Waals surface area (Å²) in [5.41, 5.74) is 5.42. The van der Waals surface area contributed by atoms with Gasteiger partial charge in [-0.1, -0.05) is 12.8 Å². The molecule has 0 amide bonds. The van der Waals surface area contributed by atoms with E-state index in [2.05, 4.69) is 24.8 Å². The van der Waals surface area contributed by atoms with Gasteiger partial charge in [-0.05, 0) is 32.4 Å². The zero-order valence-electron chi connectivity index (χ0n) is 8.21. The van der Waals surface area contributed by atoms with Crippen molar-refractivity contribution in [3.63, 3.8) is 0 Å². The van der Waals surface area contributed by atoms with E-state index in [1.165, 1.54) is 6.42 Å². The molecule has 0 rings (SSSR count). The lowest BCUT2D eigenvalue weighted by atomic mass is 10.1. The van der Waals surface area contributed by atoms with Crippen LogP contribution < -0.4 is 5.73 Å². The van der Waals surface area contributed by atoms with E-state index in [1.807, 2.05) is 0 Å². The lowest BCUT2D eigenvalue weighted by Gasteiger charge is -2.18. The third-order valence-corrected chi connectivity index (χ3v) is 1.89. The number of nitrogens with two attached hydrogens (primary N) is 1. The Labute approximate surface area is 76.1 Å². The molecular weight excluding hydrogens is 148 g/mol. The van der Waals surface area contributed by atoms with Crippen molar-refractivity contribution in [1.82, 2.24) is 4.90 Å². The van der Waals surface area contributed by atoms with Crippen molar-refractivity contribution in [2.45, 2.75) is 19.8 Å². The molecule has 0 heterocycles. The highest BCUT2D eigenvalue weighted by Gasteiger charge is 2.04. The summed E-state index contributed by atoms with van der Waals surface area (Å²) in [5, 5.41) is 0. The molecule has 12 heavy (non-hydrogen) atoms. The van der Waals surface area contributed by atoms with Gasteiger partial charge in [0, 0.05) is 6.54 Å². The molecule has 0 aromatic carbocycles. The largest absolute Gasteiger partial charge is 0.330 e. The van der Waals surface area contributed by atoms with E-state index >= 15 is 0 Å². The number of hydrogen-bond acceptors (Lipinski definition) is 2. The van der Waals surface area contributed by atoms with Crippen LogP contribution in [0.25, 0.3) is 0 Å². The van der Waals surface area contributed by atoms with Crippen LogP contribution in [0.1, 0.15) is 19.8 Å². The van der Waals surface area contributed by atoms with Crippen LogP contribution in [0.3, 0.4) is 0 Å². The molecule has 70 valence electrons. The van der Waals surface area contributed by atoms with Crippen LogP contribution in [0.15, 0.2) is 0 Å². The number of nitrogens with zero attached hydrogens (tertiary/aromatic N) is 1. The minimum Gasteiger partial charge on any atom is -0.330 e. The maximum absolute atomic E-state index is 5.42. The first kappa shape index (κ1) is 11.5. The van der Waals surface area contributed by atoms with Crippen LogP contribution in [0.5, 0.6) is 0 Å². The standard InChI is InChI=1S/C10H20N2/c1-4-8-12(3)9-10(2)6-5-7-11/h1,10H,5-9,11H2,2-3H3. The lowest BCUT2D eigenvalue weighted by Crippen LogP contribution is -2.25. The molecule has 0 aromatic heterocycles. The lowest BCUT2D eigenvalue weighted by molar-refractivity contribution is 0.304. The molecule has 0 fully saturated rings. The molecule has 1 atom stereocenters. The second kappa shape index (κ2) is 7.15. The normalized spacial score (nSPS) is 12.9. The molecule has 0 saturated carbocycles. The highest BCUT2D eigenvalue weighted by Crippen LogP contribution is 2.05. The van der Waals surface area contributed by atoms with E-state index in [0.29, 0.717) is 5.92 Å². The summed E-state index contributed by atoms with van der Waals surface area (Å²) < 4.78 is 0. The molecule has 0 aliphatic carbocycles. The van der Waals surface area contributed by atoms with E-state index in [-0.39, 0.29) is 0 Å².